The minimum atomic E-state index is 0.497. The van der Waals surface area contributed by atoms with Crippen LogP contribution in [0, 0.1) is 0 Å². The van der Waals surface area contributed by atoms with Crippen LogP contribution in [0.4, 0.5) is 5.82 Å². The first kappa shape index (κ1) is 11.3. The second kappa shape index (κ2) is 5.17. The van der Waals surface area contributed by atoms with E-state index in [1.165, 1.54) is 0 Å². The molecule has 0 spiro atoms. The Hall–Kier alpha value is -0.800. The molecular weight excluding hydrogens is 198 g/mol. The number of hydrogen-bond acceptors (Lipinski definition) is 3. The van der Waals surface area contributed by atoms with Crippen LogP contribution in [-0.4, -0.2) is 18.1 Å². The Morgan fingerprint density at radius 2 is 2.00 bits per heavy atom. The minimum Gasteiger partial charge on any atom is -0.357 e. The van der Waals surface area contributed by atoms with Crippen molar-refractivity contribution < 1.29 is 0 Å². The van der Waals surface area contributed by atoms with Crippen molar-refractivity contribution in [2.75, 3.05) is 18.0 Å². The van der Waals surface area contributed by atoms with Crippen LogP contribution < -0.4 is 10.6 Å². The number of nitrogens with zero attached hydrogens (tertiary/aromatic N) is 2. The van der Waals surface area contributed by atoms with Crippen molar-refractivity contribution in [2.45, 2.75) is 20.4 Å². The third-order valence-electron chi connectivity index (χ3n) is 2.16. The topological polar surface area (TPSA) is 42.1 Å². The summed E-state index contributed by atoms with van der Waals surface area (Å²) in [5.41, 5.74) is 6.59. The summed E-state index contributed by atoms with van der Waals surface area (Å²) < 4.78 is 0. The zero-order valence-electron chi connectivity index (χ0n) is 8.63. The molecule has 0 unspecified atom stereocenters. The van der Waals surface area contributed by atoms with E-state index < -0.39 is 0 Å². The van der Waals surface area contributed by atoms with Crippen LogP contribution in [0.2, 0.25) is 5.15 Å². The molecule has 1 heterocycles. The average Bonchev–Trinajstić information content (AvgIpc) is 2.19. The third kappa shape index (κ3) is 2.59. The van der Waals surface area contributed by atoms with Crippen molar-refractivity contribution in [3.63, 3.8) is 0 Å². The molecule has 0 fully saturated rings. The lowest BCUT2D eigenvalue weighted by atomic mass is 10.2. The molecule has 1 aromatic heterocycles. The van der Waals surface area contributed by atoms with E-state index in [-0.39, 0.29) is 0 Å². The summed E-state index contributed by atoms with van der Waals surface area (Å²) in [6, 6.07) is 3.79. The molecule has 0 aromatic carbocycles. The fraction of sp³-hybridized carbons (Fsp3) is 0.500. The van der Waals surface area contributed by atoms with E-state index in [1.54, 1.807) is 6.07 Å². The normalized spacial score (nSPS) is 10.3. The molecule has 0 bridgehead atoms. The lowest BCUT2D eigenvalue weighted by Crippen LogP contribution is -2.23. The Morgan fingerprint density at radius 3 is 2.50 bits per heavy atom. The Labute approximate surface area is 89.9 Å². The summed E-state index contributed by atoms with van der Waals surface area (Å²) in [5, 5.41) is 0.509. The molecule has 0 saturated carbocycles. The molecule has 2 N–H and O–H groups in total. The first-order chi connectivity index (χ1) is 6.71. The van der Waals surface area contributed by atoms with E-state index in [0.29, 0.717) is 11.7 Å². The number of anilines is 1. The Balaban J connectivity index is 3.01. The van der Waals surface area contributed by atoms with Crippen LogP contribution in [0.1, 0.15) is 19.4 Å². The molecule has 0 aliphatic carbocycles. The van der Waals surface area contributed by atoms with Gasteiger partial charge in [0.05, 0.1) is 0 Å². The van der Waals surface area contributed by atoms with Gasteiger partial charge in [0.1, 0.15) is 11.0 Å². The van der Waals surface area contributed by atoms with Gasteiger partial charge in [-0.25, -0.2) is 4.98 Å². The number of aromatic nitrogens is 1. The van der Waals surface area contributed by atoms with E-state index in [4.69, 9.17) is 17.3 Å². The van der Waals surface area contributed by atoms with Gasteiger partial charge in [-0.2, -0.15) is 0 Å². The van der Waals surface area contributed by atoms with Gasteiger partial charge < -0.3 is 10.6 Å². The molecule has 4 heteroatoms. The largest absolute Gasteiger partial charge is 0.357 e. The smallest absolute Gasteiger partial charge is 0.131 e. The Morgan fingerprint density at radius 1 is 1.36 bits per heavy atom. The van der Waals surface area contributed by atoms with Crippen LogP contribution in [-0.2, 0) is 6.54 Å². The lowest BCUT2D eigenvalue weighted by Gasteiger charge is -2.20. The van der Waals surface area contributed by atoms with Crippen molar-refractivity contribution in [3.8, 4) is 0 Å². The molecule has 14 heavy (non-hydrogen) atoms. The van der Waals surface area contributed by atoms with E-state index in [9.17, 15) is 0 Å². The van der Waals surface area contributed by atoms with Crippen molar-refractivity contribution in [1.82, 2.24) is 4.98 Å². The lowest BCUT2D eigenvalue weighted by molar-refractivity contribution is 0.843. The molecular formula is C10H16ClN3. The van der Waals surface area contributed by atoms with Gasteiger partial charge >= 0.3 is 0 Å². The first-order valence-corrected chi connectivity index (χ1v) is 5.20. The number of halogens is 1. The molecule has 0 aliphatic rings. The summed E-state index contributed by atoms with van der Waals surface area (Å²) in [5.74, 6) is 0.906. The van der Waals surface area contributed by atoms with Crippen molar-refractivity contribution >= 4 is 17.4 Å². The molecule has 0 radical (unpaired) electrons. The Kier molecular flexibility index (Phi) is 4.17. The second-order valence-corrected chi connectivity index (χ2v) is 3.42. The van der Waals surface area contributed by atoms with E-state index in [0.717, 1.165) is 24.5 Å². The average molecular weight is 214 g/mol. The van der Waals surface area contributed by atoms with Crippen LogP contribution in [0.25, 0.3) is 0 Å². The number of hydrogen-bond donors (Lipinski definition) is 1. The number of nitrogens with two attached hydrogens (primary N) is 1. The van der Waals surface area contributed by atoms with Crippen LogP contribution >= 0.6 is 11.6 Å². The SMILES string of the molecule is CCN(CC)c1cc(CN)cc(Cl)n1. The third-order valence-corrected chi connectivity index (χ3v) is 2.36. The maximum absolute atomic E-state index is 5.89. The molecule has 0 amide bonds. The molecule has 0 atom stereocenters. The fourth-order valence-corrected chi connectivity index (χ4v) is 1.59. The van der Waals surface area contributed by atoms with Gasteiger partial charge in [0, 0.05) is 19.6 Å². The van der Waals surface area contributed by atoms with Gasteiger partial charge in [0.15, 0.2) is 0 Å². The van der Waals surface area contributed by atoms with Crippen LogP contribution in [0.5, 0.6) is 0 Å². The molecule has 0 saturated heterocycles. The monoisotopic (exact) mass is 213 g/mol. The molecule has 3 nitrogen and oxygen atoms in total. The summed E-state index contributed by atoms with van der Waals surface area (Å²) in [4.78, 5) is 6.40. The molecule has 78 valence electrons. The van der Waals surface area contributed by atoms with E-state index in [2.05, 4.69) is 23.7 Å². The maximum Gasteiger partial charge on any atom is 0.131 e. The highest BCUT2D eigenvalue weighted by molar-refractivity contribution is 6.29. The summed E-state index contributed by atoms with van der Waals surface area (Å²) in [6.07, 6.45) is 0. The van der Waals surface area contributed by atoms with Crippen molar-refractivity contribution in [2.24, 2.45) is 5.73 Å². The fourth-order valence-electron chi connectivity index (χ4n) is 1.36. The zero-order chi connectivity index (χ0) is 10.6. The first-order valence-electron chi connectivity index (χ1n) is 4.82. The summed E-state index contributed by atoms with van der Waals surface area (Å²) in [6.45, 7) is 6.53. The number of rotatable bonds is 4. The maximum atomic E-state index is 5.89. The van der Waals surface area contributed by atoms with Crippen molar-refractivity contribution in [1.29, 1.82) is 0 Å². The van der Waals surface area contributed by atoms with Crippen LogP contribution in [0.15, 0.2) is 12.1 Å². The zero-order valence-corrected chi connectivity index (χ0v) is 9.38. The molecule has 1 rings (SSSR count). The van der Waals surface area contributed by atoms with Gasteiger partial charge in [-0.15, -0.1) is 0 Å². The van der Waals surface area contributed by atoms with Gasteiger partial charge in [-0.1, -0.05) is 11.6 Å². The Bertz CT molecular complexity index is 297. The quantitative estimate of drug-likeness (QED) is 0.779. The van der Waals surface area contributed by atoms with Gasteiger partial charge in [0.25, 0.3) is 0 Å². The molecule has 1 aromatic rings. The van der Waals surface area contributed by atoms with Gasteiger partial charge in [-0.3, -0.25) is 0 Å². The predicted octanol–water partition coefficient (Wildman–Crippen LogP) is 2.04. The summed E-state index contributed by atoms with van der Waals surface area (Å²) in [7, 11) is 0. The minimum absolute atomic E-state index is 0.497. The highest BCUT2D eigenvalue weighted by Crippen LogP contribution is 2.17. The van der Waals surface area contributed by atoms with E-state index >= 15 is 0 Å². The van der Waals surface area contributed by atoms with Crippen molar-refractivity contribution in [3.05, 3.63) is 22.8 Å². The molecule has 0 aliphatic heterocycles. The number of pyridine rings is 1. The summed E-state index contributed by atoms with van der Waals surface area (Å²) >= 11 is 5.89. The standard InChI is InChI=1S/C10H16ClN3/c1-3-14(4-2)10-6-8(7-12)5-9(11)13-10/h5-6H,3-4,7,12H2,1-2H3. The van der Waals surface area contributed by atoms with E-state index in [1.807, 2.05) is 6.07 Å². The second-order valence-electron chi connectivity index (χ2n) is 3.03. The van der Waals surface area contributed by atoms with Gasteiger partial charge in [-0.05, 0) is 31.5 Å². The van der Waals surface area contributed by atoms with Crippen LogP contribution in [0.3, 0.4) is 0 Å². The predicted molar refractivity (Wildman–Crippen MR) is 60.7 cm³/mol. The highest BCUT2D eigenvalue weighted by Gasteiger charge is 2.05. The van der Waals surface area contributed by atoms with Gasteiger partial charge in [0.2, 0.25) is 0 Å². The highest BCUT2D eigenvalue weighted by atomic mass is 35.5.